The zero-order valence-electron chi connectivity index (χ0n) is 17.2. The molecular weight excluding hydrogens is 376 g/mol. The third-order valence-electron chi connectivity index (χ3n) is 8.11. The topological polar surface area (TPSA) is 76.0 Å². The Kier molecular flexibility index (Phi) is 3.89. The van der Waals surface area contributed by atoms with E-state index in [1.807, 2.05) is 18.6 Å². The molecule has 0 saturated heterocycles. The molecule has 1 aromatic carbocycles. The molecule has 1 aliphatic heterocycles. The summed E-state index contributed by atoms with van der Waals surface area (Å²) in [4.78, 5) is 30.2. The molecule has 6 heteroatoms. The third-order valence-corrected chi connectivity index (χ3v) is 8.11. The van der Waals surface area contributed by atoms with Gasteiger partial charge >= 0.3 is 6.03 Å². The van der Waals surface area contributed by atoms with Crippen molar-refractivity contribution < 1.29 is 9.59 Å². The Bertz CT molecular complexity index is 997. The summed E-state index contributed by atoms with van der Waals surface area (Å²) in [6, 6.07) is 8.78. The number of carbonyl (C=O) groups is 2. The number of carbonyl (C=O) groups excluding carboxylic acids is 2. The van der Waals surface area contributed by atoms with Gasteiger partial charge in [-0.2, -0.15) is 0 Å². The van der Waals surface area contributed by atoms with Crippen LogP contribution in [0.15, 0.2) is 36.8 Å². The van der Waals surface area contributed by atoms with Crippen LogP contribution in [-0.4, -0.2) is 32.9 Å². The van der Waals surface area contributed by atoms with Gasteiger partial charge in [-0.15, -0.1) is 0 Å². The van der Waals surface area contributed by atoms with E-state index < -0.39 is 0 Å². The highest BCUT2D eigenvalue weighted by Gasteiger charge is 2.53. The molecule has 0 spiro atoms. The molecule has 4 saturated carbocycles. The average Bonchev–Trinajstić information content (AvgIpc) is 3.35. The van der Waals surface area contributed by atoms with E-state index in [9.17, 15) is 9.59 Å². The smallest absolute Gasteiger partial charge is 0.315 e. The highest BCUT2D eigenvalue weighted by Crippen LogP contribution is 2.54. The van der Waals surface area contributed by atoms with Crippen molar-refractivity contribution in [3.05, 3.63) is 42.4 Å². The maximum Gasteiger partial charge on any atom is 0.315 e. The largest absolute Gasteiger partial charge is 0.335 e. The van der Waals surface area contributed by atoms with E-state index >= 15 is 0 Å². The zero-order valence-corrected chi connectivity index (χ0v) is 17.2. The van der Waals surface area contributed by atoms with E-state index in [0.717, 1.165) is 57.1 Å². The molecule has 30 heavy (non-hydrogen) atoms. The molecule has 5 aliphatic rings. The van der Waals surface area contributed by atoms with Crippen molar-refractivity contribution in [2.45, 2.75) is 75.4 Å². The molecule has 7 rings (SSSR count). The van der Waals surface area contributed by atoms with Gasteiger partial charge in [-0.25, -0.2) is 9.78 Å². The normalized spacial score (nSPS) is 31.1. The predicted octanol–water partition coefficient (Wildman–Crippen LogP) is 3.97. The lowest BCUT2D eigenvalue weighted by molar-refractivity contribution is -0.136. The third kappa shape index (κ3) is 2.80. The molecule has 4 fully saturated rings. The maximum atomic E-state index is 13.6. The van der Waals surface area contributed by atoms with Gasteiger partial charge in [0.2, 0.25) is 0 Å². The predicted molar refractivity (Wildman–Crippen MR) is 113 cm³/mol. The number of imidazole rings is 1. The second-order valence-corrected chi connectivity index (χ2v) is 9.85. The summed E-state index contributed by atoms with van der Waals surface area (Å²) in [5.41, 5.74) is 3.22. The lowest BCUT2D eigenvalue weighted by Gasteiger charge is -2.53. The van der Waals surface area contributed by atoms with Gasteiger partial charge in [-0.3, -0.25) is 4.79 Å². The lowest BCUT2D eigenvalue weighted by atomic mass is 9.55. The molecule has 156 valence electrons. The molecule has 1 atom stereocenters. The number of ketones is 1. The van der Waals surface area contributed by atoms with E-state index in [1.54, 1.807) is 0 Å². The zero-order chi connectivity index (χ0) is 20.3. The number of aromatic nitrogens is 2. The summed E-state index contributed by atoms with van der Waals surface area (Å²) >= 11 is 0. The van der Waals surface area contributed by atoms with Crippen LogP contribution in [0.2, 0.25) is 0 Å². The fraction of sp³-hybridized carbons (Fsp3) is 0.542. The minimum absolute atomic E-state index is 0.0200. The van der Waals surface area contributed by atoms with Gasteiger partial charge in [0.25, 0.3) is 0 Å². The van der Waals surface area contributed by atoms with Crippen LogP contribution in [-0.2, 0) is 4.79 Å². The summed E-state index contributed by atoms with van der Waals surface area (Å²) in [6.07, 6.45) is 11.9. The standard InChI is InChI=1S/C24H28N4O2/c29-21(13-19-17-3-1-2-4-18(17)20-14-25-15-28(19)20)23-7-10-24(11-8-23,12-9-23)27-22(30)26-16-5-6-16/h1-4,14-16,19H,5-13H2,(H2,26,27,30). The Morgan fingerprint density at radius 2 is 1.80 bits per heavy atom. The molecule has 1 unspecified atom stereocenters. The summed E-state index contributed by atoms with van der Waals surface area (Å²) < 4.78 is 2.17. The van der Waals surface area contributed by atoms with Crippen molar-refractivity contribution in [3.63, 3.8) is 0 Å². The Balaban J connectivity index is 1.16. The minimum atomic E-state index is -0.214. The molecular formula is C24H28N4O2. The number of fused-ring (bicyclic) bond motifs is 6. The van der Waals surface area contributed by atoms with Crippen molar-refractivity contribution >= 4 is 11.8 Å². The van der Waals surface area contributed by atoms with Crippen molar-refractivity contribution in [2.75, 3.05) is 0 Å². The number of amides is 2. The van der Waals surface area contributed by atoms with E-state index in [2.05, 4.69) is 38.4 Å². The number of urea groups is 1. The highest BCUT2D eigenvalue weighted by molar-refractivity contribution is 5.87. The van der Waals surface area contributed by atoms with E-state index in [4.69, 9.17) is 0 Å². The maximum absolute atomic E-state index is 13.6. The monoisotopic (exact) mass is 404 g/mol. The van der Waals surface area contributed by atoms with Gasteiger partial charge in [0, 0.05) is 29.0 Å². The Labute approximate surface area is 176 Å². The van der Waals surface area contributed by atoms with Crippen LogP contribution in [0.3, 0.4) is 0 Å². The fourth-order valence-electron chi connectivity index (χ4n) is 6.01. The van der Waals surface area contributed by atoms with Crippen LogP contribution < -0.4 is 10.6 Å². The second-order valence-electron chi connectivity index (χ2n) is 9.85. The molecule has 0 radical (unpaired) electrons. The average molecular weight is 405 g/mol. The number of rotatable bonds is 5. The Hall–Kier alpha value is -2.63. The van der Waals surface area contributed by atoms with E-state index in [0.29, 0.717) is 18.2 Å². The second kappa shape index (κ2) is 6.43. The first-order valence-electron chi connectivity index (χ1n) is 11.3. The summed E-state index contributed by atoms with van der Waals surface area (Å²) in [6.45, 7) is 0. The molecule has 2 aromatic rings. The number of nitrogens with one attached hydrogen (secondary N) is 2. The minimum Gasteiger partial charge on any atom is -0.335 e. The molecule has 6 nitrogen and oxygen atoms in total. The number of hydrogen-bond acceptors (Lipinski definition) is 3. The van der Waals surface area contributed by atoms with E-state index in [-0.39, 0.29) is 23.0 Å². The van der Waals surface area contributed by atoms with Gasteiger partial charge in [0.05, 0.1) is 24.3 Å². The van der Waals surface area contributed by atoms with Crippen molar-refractivity contribution in [1.82, 2.24) is 20.2 Å². The number of hydrogen-bond donors (Lipinski definition) is 2. The van der Waals surface area contributed by atoms with Gasteiger partial charge in [-0.1, -0.05) is 24.3 Å². The molecule has 2 N–H and O–H groups in total. The van der Waals surface area contributed by atoms with Crippen LogP contribution in [0.5, 0.6) is 0 Å². The molecule has 4 aliphatic carbocycles. The van der Waals surface area contributed by atoms with E-state index in [1.165, 1.54) is 11.1 Å². The van der Waals surface area contributed by atoms with Gasteiger partial charge in [0.15, 0.2) is 0 Å². The van der Waals surface area contributed by atoms with Crippen LogP contribution >= 0.6 is 0 Å². The summed E-state index contributed by atoms with van der Waals surface area (Å²) in [5.74, 6) is 0.389. The molecule has 1 aromatic heterocycles. The Morgan fingerprint density at radius 3 is 2.53 bits per heavy atom. The van der Waals surface area contributed by atoms with Crippen molar-refractivity contribution in [1.29, 1.82) is 0 Å². The SMILES string of the molecule is O=C(NC1CC1)NC12CCC(C(=O)CC3c4ccccc4-c4cncn43)(CC1)CC2. The van der Waals surface area contributed by atoms with Crippen LogP contribution in [0.1, 0.15) is 69.4 Å². The van der Waals surface area contributed by atoms with Gasteiger partial charge in [-0.05, 0) is 56.9 Å². The summed E-state index contributed by atoms with van der Waals surface area (Å²) in [7, 11) is 0. The quantitative estimate of drug-likeness (QED) is 0.792. The van der Waals surface area contributed by atoms with Crippen LogP contribution in [0.25, 0.3) is 11.3 Å². The van der Waals surface area contributed by atoms with Crippen LogP contribution in [0, 0.1) is 5.41 Å². The first-order chi connectivity index (χ1) is 14.6. The lowest BCUT2D eigenvalue weighted by Crippen LogP contribution is -2.60. The number of nitrogens with zero attached hydrogens (tertiary/aromatic N) is 2. The summed E-state index contributed by atoms with van der Waals surface area (Å²) in [5, 5.41) is 6.32. The van der Waals surface area contributed by atoms with Gasteiger partial charge < -0.3 is 15.2 Å². The molecule has 2 amide bonds. The van der Waals surface area contributed by atoms with Crippen molar-refractivity contribution in [3.8, 4) is 11.3 Å². The van der Waals surface area contributed by atoms with Crippen LogP contribution in [0.4, 0.5) is 4.79 Å². The first-order valence-corrected chi connectivity index (χ1v) is 11.3. The molecule has 2 heterocycles. The van der Waals surface area contributed by atoms with Gasteiger partial charge in [0.1, 0.15) is 5.78 Å². The van der Waals surface area contributed by atoms with Crippen molar-refractivity contribution in [2.24, 2.45) is 5.41 Å². The number of benzene rings is 1. The number of Topliss-reactive ketones (excluding diaryl/α,β-unsaturated/α-hetero) is 1. The Morgan fingerprint density at radius 1 is 1.07 bits per heavy atom. The highest BCUT2D eigenvalue weighted by atomic mass is 16.2. The first kappa shape index (κ1) is 18.2. The molecule has 2 bridgehead atoms. The fourth-order valence-corrected chi connectivity index (χ4v) is 6.01.